The summed E-state index contributed by atoms with van der Waals surface area (Å²) >= 11 is 1.53. The van der Waals surface area contributed by atoms with E-state index in [4.69, 9.17) is 4.52 Å². The van der Waals surface area contributed by atoms with E-state index in [2.05, 4.69) is 60.3 Å². The molecular formula is C13H22N6OS. The third-order valence-corrected chi connectivity index (χ3v) is 3.84. The van der Waals surface area contributed by atoms with E-state index in [9.17, 15) is 0 Å². The van der Waals surface area contributed by atoms with Gasteiger partial charge in [0.1, 0.15) is 0 Å². The molecule has 2 aromatic heterocycles. The highest BCUT2D eigenvalue weighted by Gasteiger charge is 2.24. The molecule has 0 aliphatic heterocycles. The van der Waals surface area contributed by atoms with Gasteiger partial charge in [-0.15, -0.1) is 5.10 Å². The van der Waals surface area contributed by atoms with Crippen molar-refractivity contribution >= 4 is 11.8 Å². The quantitative estimate of drug-likeness (QED) is 0.785. The highest BCUT2D eigenvalue weighted by Crippen LogP contribution is 2.33. The van der Waals surface area contributed by atoms with Crippen LogP contribution < -0.4 is 0 Å². The summed E-state index contributed by atoms with van der Waals surface area (Å²) in [7, 11) is 0. The summed E-state index contributed by atoms with van der Waals surface area (Å²) < 4.78 is 7.18. The Morgan fingerprint density at radius 3 is 2.52 bits per heavy atom. The summed E-state index contributed by atoms with van der Waals surface area (Å²) in [6.07, 6.45) is 0. The van der Waals surface area contributed by atoms with Crippen LogP contribution in [0.1, 0.15) is 58.5 Å². The maximum absolute atomic E-state index is 5.36. The summed E-state index contributed by atoms with van der Waals surface area (Å²) in [5.74, 6) is 1.80. The normalized spacial score (nSPS) is 13.9. The average Bonchev–Trinajstić information content (AvgIpc) is 2.97. The first-order valence-electron chi connectivity index (χ1n) is 7.04. The van der Waals surface area contributed by atoms with E-state index in [1.54, 1.807) is 0 Å². The maximum atomic E-state index is 5.36. The van der Waals surface area contributed by atoms with Gasteiger partial charge in [-0.1, -0.05) is 51.5 Å². The van der Waals surface area contributed by atoms with Crippen LogP contribution in [-0.4, -0.2) is 30.3 Å². The van der Waals surface area contributed by atoms with Crippen molar-refractivity contribution in [3.05, 3.63) is 11.7 Å². The second-order valence-corrected chi connectivity index (χ2v) is 7.81. The van der Waals surface area contributed by atoms with Crippen molar-refractivity contribution in [2.24, 2.45) is 5.92 Å². The molecule has 0 aliphatic rings. The monoisotopic (exact) mass is 310 g/mol. The van der Waals surface area contributed by atoms with Gasteiger partial charge in [0.05, 0.1) is 5.25 Å². The van der Waals surface area contributed by atoms with E-state index in [0.717, 1.165) is 11.7 Å². The van der Waals surface area contributed by atoms with Gasteiger partial charge in [-0.05, 0) is 23.3 Å². The Labute approximate surface area is 128 Å². The summed E-state index contributed by atoms with van der Waals surface area (Å²) in [4.78, 5) is 4.48. The van der Waals surface area contributed by atoms with Gasteiger partial charge in [0, 0.05) is 12.0 Å². The van der Waals surface area contributed by atoms with Crippen LogP contribution in [0.3, 0.4) is 0 Å². The summed E-state index contributed by atoms with van der Waals surface area (Å²) in [6, 6.07) is 0. The molecule has 0 N–H and O–H groups in total. The van der Waals surface area contributed by atoms with E-state index in [0.29, 0.717) is 17.6 Å². The van der Waals surface area contributed by atoms with Gasteiger partial charge in [0.2, 0.25) is 11.0 Å². The first-order valence-corrected chi connectivity index (χ1v) is 7.92. The van der Waals surface area contributed by atoms with Gasteiger partial charge < -0.3 is 4.52 Å². The van der Waals surface area contributed by atoms with Crippen LogP contribution in [-0.2, 0) is 12.0 Å². The number of hydrogen-bond acceptors (Lipinski definition) is 7. The van der Waals surface area contributed by atoms with Crippen LogP contribution in [0.5, 0.6) is 0 Å². The molecule has 2 rings (SSSR count). The van der Waals surface area contributed by atoms with Crippen LogP contribution in [0.25, 0.3) is 0 Å². The molecule has 1 unspecified atom stereocenters. The number of rotatable bonds is 5. The first-order chi connectivity index (χ1) is 9.77. The van der Waals surface area contributed by atoms with Gasteiger partial charge in [-0.25, -0.2) is 4.68 Å². The molecule has 2 heterocycles. The zero-order valence-corrected chi connectivity index (χ0v) is 14.2. The molecule has 0 spiro atoms. The maximum Gasteiger partial charge on any atom is 0.239 e. The van der Waals surface area contributed by atoms with E-state index >= 15 is 0 Å². The Morgan fingerprint density at radius 1 is 1.24 bits per heavy atom. The molecule has 21 heavy (non-hydrogen) atoms. The molecule has 0 saturated heterocycles. The Kier molecular flexibility index (Phi) is 4.65. The third-order valence-electron chi connectivity index (χ3n) is 2.78. The Balaban J connectivity index is 2.09. The molecule has 0 aromatic carbocycles. The SMILES string of the molecule is CC(C)Cn1nnnc1SC(C)c1nc(C(C)(C)C)no1. The van der Waals surface area contributed by atoms with Crippen LogP contribution in [0, 0.1) is 5.92 Å². The molecule has 0 saturated carbocycles. The Bertz CT molecular complexity index is 585. The molecule has 0 aliphatic carbocycles. The molecule has 0 bridgehead atoms. The fourth-order valence-corrected chi connectivity index (χ4v) is 2.48. The molecule has 0 radical (unpaired) electrons. The zero-order chi connectivity index (χ0) is 15.6. The van der Waals surface area contributed by atoms with Crippen molar-refractivity contribution in [2.75, 3.05) is 0 Å². The van der Waals surface area contributed by atoms with Crippen molar-refractivity contribution in [3.63, 3.8) is 0 Å². The molecule has 0 amide bonds. The minimum absolute atomic E-state index is 0.00510. The van der Waals surface area contributed by atoms with E-state index in [1.807, 2.05) is 11.6 Å². The summed E-state index contributed by atoms with van der Waals surface area (Å²) in [6.45, 7) is 13.2. The van der Waals surface area contributed by atoms with Crippen molar-refractivity contribution in [1.29, 1.82) is 0 Å². The van der Waals surface area contributed by atoms with Gasteiger partial charge >= 0.3 is 0 Å². The number of aromatic nitrogens is 6. The van der Waals surface area contributed by atoms with Crippen LogP contribution in [0.15, 0.2) is 9.68 Å². The standard InChI is InChI=1S/C13H22N6OS/c1-8(2)7-19-12(15-17-18-19)21-9(3)10-14-11(16-20-10)13(4,5)6/h8-9H,7H2,1-6H3. The summed E-state index contributed by atoms with van der Waals surface area (Å²) in [5, 5.41) is 16.6. The van der Waals surface area contributed by atoms with Crippen molar-refractivity contribution < 1.29 is 4.52 Å². The van der Waals surface area contributed by atoms with Crippen LogP contribution in [0.2, 0.25) is 0 Å². The molecule has 1 atom stereocenters. The first kappa shape index (κ1) is 15.9. The minimum Gasteiger partial charge on any atom is -0.338 e. The fourth-order valence-electron chi connectivity index (χ4n) is 1.65. The topological polar surface area (TPSA) is 82.5 Å². The van der Waals surface area contributed by atoms with Crippen molar-refractivity contribution in [3.8, 4) is 0 Å². The smallest absolute Gasteiger partial charge is 0.239 e. The lowest BCUT2D eigenvalue weighted by Gasteiger charge is -2.11. The highest BCUT2D eigenvalue weighted by molar-refractivity contribution is 7.99. The molecule has 2 aromatic rings. The third kappa shape index (κ3) is 4.03. The molecule has 7 nitrogen and oxygen atoms in total. The second-order valence-electron chi connectivity index (χ2n) is 6.50. The summed E-state index contributed by atoms with van der Waals surface area (Å²) in [5.41, 5.74) is -0.120. The molecule has 8 heteroatoms. The highest BCUT2D eigenvalue weighted by atomic mass is 32.2. The predicted octanol–water partition coefficient (Wildman–Crippen LogP) is 2.86. The molecular weight excluding hydrogens is 288 g/mol. The zero-order valence-electron chi connectivity index (χ0n) is 13.4. The van der Waals surface area contributed by atoms with Crippen molar-refractivity contribution in [2.45, 2.75) is 63.9 Å². The fraction of sp³-hybridized carbons (Fsp3) is 0.769. The second kappa shape index (κ2) is 6.13. The van der Waals surface area contributed by atoms with E-state index < -0.39 is 0 Å². The Morgan fingerprint density at radius 2 is 1.95 bits per heavy atom. The minimum atomic E-state index is -0.120. The van der Waals surface area contributed by atoms with Gasteiger partial charge in [0.15, 0.2) is 5.82 Å². The predicted molar refractivity (Wildman–Crippen MR) is 79.9 cm³/mol. The van der Waals surface area contributed by atoms with E-state index in [1.165, 1.54) is 11.8 Å². The number of tetrazole rings is 1. The lowest BCUT2D eigenvalue weighted by atomic mass is 9.96. The molecule has 0 fully saturated rings. The van der Waals surface area contributed by atoms with Crippen molar-refractivity contribution in [1.82, 2.24) is 30.3 Å². The van der Waals surface area contributed by atoms with Gasteiger partial charge in [-0.2, -0.15) is 4.98 Å². The molecule has 116 valence electrons. The van der Waals surface area contributed by atoms with Crippen LogP contribution >= 0.6 is 11.8 Å². The van der Waals surface area contributed by atoms with Crippen LogP contribution in [0.4, 0.5) is 0 Å². The number of thioether (sulfide) groups is 1. The lowest BCUT2D eigenvalue weighted by molar-refractivity contribution is 0.364. The van der Waals surface area contributed by atoms with Gasteiger partial charge in [-0.3, -0.25) is 0 Å². The largest absolute Gasteiger partial charge is 0.338 e. The Hall–Kier alpha value is -1.44. The lowest BCUT2D eigenvalue weighted by Crippen LogP contribution is -2.13. The average molecular weight is 310 g/mol. The van der Waals surface area contributed by atoms with E-state index in [-0.39, 0.29) is 10.7 Å². The number of nitrogens with zero attached hydrogens (tertiary/aromatic N) is 6. The number of hydrogen-bond donors (Lipinski definition) is 0. The van der Waals surface area contributed by atoms with Gasteiger partial charge in [0.25, 0.3) is 0 Å².